The van der Waals surface area contributed by atoms with Gasteiger partial charge in [-0.1, -0.05) is 76.2 Å². The average Bonchev–Trinajstić information content (AvgIpc) is 3.03. The van der Waals surface area contributed by atoms with Crippen LogP contribution in [0.2, 0.25) is 0 Å². The normalized spacial score (nSPS) is 14.8. The van der Waals surface area contributed by atoms with Crippen molar-refractivity contribution >= 4 is 22.1 Å². The maximum atomic E-state index is 12.6. The molecule has 23 heavy (non-hydrogen) atoms. The molecule has 0 radical (unpaired) electrons. The van der Waals surface area contributed by atoms with E-state index in [9.17, 15) is 4.79 Å². The van der Waals surface area contributed by atoms with E-state index in [4.69, 9.17) is 0 Å². The maximum Gasteiger partial charge on any atom is 0.163 e. The summed E-state index contributed by atoms with van der Waals surface area (Å²) < 4.78 is 0. The van der Waals surface area contributed by atoms with Gasteiger partial charge in [-0.3, -0.25) is 4.79 Å². The second kappa shape index (κ2) is 5.81. The highest BCUT2D eigenvalue weighted by atomic mass is 16.1. The quantitative estimate of drug-likeness (QED) is 0.618. The van der Waals surface area contributed by atoms with Crippen molar-refractivity contribution in [3.05, 3.63) is 65.3 Å². The van der Waals surface area contributed by atoms with Gasteiger partial charge in [0.2, 0.25) is 0 Å². The standard InChI is InChI=1S/C22H24O/c1-5-20(23)21-18-9-7-6-8-15(18)11-13-19(21)16-10-12-17(14-16)22(2,3)4/h6-9,11-14H,5,10H2,1-4H3. The third kappa shape index (κ3) is 2.88. The van der Waals surface area contributed by atoms with Crippen LogP contribution in [0.1, 0.15) is 56.5 Å². The Morgan fingerprint density at radius 3 is 2.48 bits per heavy atom. The van der Waals surface area contributed by atoms with Gasteiger partial charge in [0, 0.05) is 12.0 Å². The van der Waals surface area contributed by atoms with Gasteiger partial charge < -0.3 is 0 Å². The van der Waals surface area contributed by atoms with Crippen LogP contribution in [-0.2, 0) is 0 Å². The van der Waals surface area contributed by atoms with Crippen molar-refractivity contribution in [1.82, 2.24) is 0 Å². The van der Waals surface area contributed by atoms with Crippen LogP contribution in [0.3, 0.4) is 0 Å². The van der Waals surface area contributed by atoms with E-state index in [1.165, 1.54) is 11.1 Å². The minimum absolute atomic E-state index is 0.146. The molecule has 0 unspecified atom stereocenters. The second-order valence-corrected chi connectivity index (χ2v) is 7.27. The Kier molecular flexibility index (Phi) is 3.97. The van der Waals surface area contributed by atoms with Gasteiger partial charge in [-0.05, 0) is 39.3 Å². The van der Waals surface area contributed by atoms with Crippen molar-refractivity contribution in [2.24, 2.45) is 5.41 Å². The molecule has 1 nitrogen and oxygen atoms in total. The van der Waals surface area contributed by atoms with Crippen LogP contribution in [0, 0.1) is 5.41 Å². The minimum Gasteiger partial charge on any atom is -0.294 e. The van der Waals surface area contributed by atoms with Crippen LogP contribution < -0.4 is 0 Å². The highest BCUT2D eigenvalue weighted by Crippen LogP contribution is 2.38. The molecule has 0 atom stereocenters. The first-order valence-electron chi connectivity index (χ1n) is 8.38. The maximum absolute atomic E-state index is 12.6. The Morgan fingerprint density at radius 2 is 1.83 bits per heavy atom. The van der Waals surface area contributed by atoms with Gasteiger partial charge in [0.15, 0.2) is 5.78 Å². The van der Waals surface area contributed by atoms with Crippen LogP contribution in [0.5, 0.6) is 0 Å². The van der Waals surface area contributed by atoms with E-state index in [1.807, 2.05) is 19.1 Å². The molecule has 0 N–H and O–H groups in total. The summed E-state index contributed by atoms with van der Waals surface area (Å²) in [7, 11) is 0. The van der Waals surface area contributed by atoms with Crippen molar-refractivity contribution in [3.63, 3.8) is 0 Å². The van der Waals surface area contributed by atoms with E-state index < -0.39 is 0 Å². The smallest absolute Gasteiger partial charge is 0.163 e. The lowest BCUT2D eigenvalue weighted by molar-refractivity contribution is 0.0989. The summed E-state index contributed by atoms with van der Waals surface area (Å²) in [6, 6.07) is 12.4. The van der Waals surface area contributed by atoms with E-state index in [0.29, 0.717) is 6.42 Å². The van der Waals surface area contributed by atoms with Crippen molar-refractivity contribution in [1.29, 1.82) is 0 Å². The molecule has 0 saturated carbocycles. The predicted octanol–water partition coefficient (Wildman–Crippen LogP) is 6.19. The number of ketones is 1. The third-order valence-corrected chi connectivity index (χ3v) is 4.61. The molecular formula is C22H24O. The largest absolute Gasteiger partial charge is 0.294 e. The van der Waals surface area contributed by atoms with Crippen molar-refractivity contribution < 1.29 is 4.79 Å². The van der Waals surface area contributed by atoms with Gasteiger partial charge in [-0.25, -0.2) is 0 Å². The number of hydrogen-bond donors (Lipinski definition) is 0. The Morgan fingerprint density at radius 1 is 1.09 bits per heavy atom. The lowest BCUT2D eigenvalue weighted by atomic mass is 9.86. The van der Waals surface area contributed by atoms with E-state index in [0.717, 1.165) is 28.3 Å². The number of carbonyl (C=O) groups excluding carboxylic acids is 1. The number of benzene rings is 2. The summed E-state index contributed by atoms with van der Waals surface area (Å²) in [4.78, 5) is 12.6. The monoisotopic (exact) mass is 304 g/mol. The van der Waals surface area contributed by atoms with Gasteiger partial charge in [0.1, 0.15) is 0 Å². The first kappa shape index (κ1) is 15.7. The molecule has 0 heterocycles. The first-order valence-corrected chi connectivity index (χ1v) is 8.38. The van der Waals surface area contributed by atoms with E-state index in [-0.39, 0.29) is 11.2 Å². The number of allylic oxidation sites excluding steroid dienone is 4. The van der Waals surface area contributed by atoms with Crippen LogP contribution in [0.15, 0.2) is 54.1 Å². The molecular weight excluding hydrogens is 280 g/mol. The zero-order valence-corrected chi connectivity index (χ0v) is 14.4. The summed E-state index contributed by atoms with van der Waals surface area (Å²) in [5, 5.41) is 2.21. The Balaban J connectivity index is 2.18. The van der Waals surface area contributed by atoms with Crippen LogP contribution in [-0.4, -0.2) is 5.78 Å². The Labute approximate surface area is 138 Å². The fourth-order valence-electron chi connectivity index (χ4n) is 3.25. The zero-order valence-electron chi connectivity index (χ0n) is 14.4. The summed E-state index contributed by atoms with van der Waals surface area (Å²) in [6.45, 7) is 8.64. The molecule has 1 aliphatic rings. The number of rotatable bonds is 3. The van der Waals surface area contributed by atoms with Crippen LogP contribution in [0.25, 0.3) is 16.3 Å². The van der Waals surface area contributed by atoms with Crippen molar-refractivity contribution in [2.75, 3.05) is 0 Å². The molecule has 0 bridgehead atoms. The van der Waals surface area contributed by atoms with E-state index >= 15 is 0 Å². The molecule has 0 saturated heterocycles. The van der Waals surface area contributed by atoms with Gasteiger partial charge in [-0.2, -0.15) is 0 Å². The fourth-order valence-corrected chi connectivity index (χ4v) is 3.25. The molecule has 3 rings (SSSR count). The summed E-state index contributed by atoms with van der Waals surface area (Å²) in [6.07, 6.45) is 6.02. The number of hydrogen-bond acceptors (Lipinski definition) is 1. The van der Waals surface area contributed by atoms with Gasteiger partial charge in [0.05, 0.1) is 0 Å². The zero-order chi connectivity index (χ0) is 16.6. The summed E-state index contributed by atoms with van der Waals surface area (Å²) >= 11 is 0. The molecule has 1 aliphatic carbocycles. The van der Waals surface area contributed by atoms with Crippen LogP contribution >= 0.6 is 0 Å². The molecule has 0 amide bonds. The molecule has 2 aromatic carbocycles. The SMILES string of the molecule is CCC(=O)c1c(C2=CC(C(C)(C)C)=CC2)ccc2ccccc12. The molecule has 0 aliphatic heterocycles. The summed E-state index contributed by atoms with van der Waals surface area (Å²) in [5.74, 6) is 0.224. The van der Waals surface area contributed by atoms with Gasteiger partial charge in [0.25, 0.3) is 0 Å². The summed E-state index contributed by atoms with van der Waals surface area (Å²) in [5.41, 5.74) is 4.76. The average molecular weight is 304 g/mol. The van der Waals surface area contributed by atoms with Gasteiger partial charge >= 0.3 is 0 Å². The number of carbonyl (C=O) groups is 1. The third-order valence-electron chi connectivity index (χ3n) is 4.61. The molecule has 118 valence electrons. The second-order valence-electron chi connectivity index (χ2n) is 7.27. The topological polar surface area (TPSA) is 17.1 Å². The highest BCUT2D eigenvalue weighted by molar-refractivity contribution is 6.12. The van der Waals surface area contributed by atoms with Crippen molar-refractivity contribution in [3.8, 4) is 0 Å². The Hall–Kier alpha value is -2.15. The molecule has 0 aromatic heterocycles. The highest BCUT2D eigenvalue weighted by Gasteiger charge is 2.23. The van der Waals surface area contributed by atoms with E-state index in [1.54, 1.807) is 0 Å². The first-order chi connectivity index (χ1) is 10.9. The Bertz CT molecular complexity index is 829. The lowest BCUT2D eigenvalue weighted by Crippen LogP contribution is -2.06. The predicted molar refractivity (Wildman–Crippen MR) is 98.7 cm³/mol. The van der Waals surface area contributed by atoms with Crippen LogP contribution in [0.4, 0.5) is 0 Å². The fraction of sp³-hybridized carbons (Fsp3) is 0.318. The molecule has 1 heteroatoms. The lowest BCUT2D eigenvalue weighted by Gasteiger charge is -2.18. The molecule has 2 aromatic rings. The van der Waals surface area contributed by atoms with E-state index in [2.05, 4.69) is 57.2 Å². The van der Waals surface area contributed by atoms with Crippen molar-refractivity contribution in [2.45, 2.75) is 40.5 Å². The molecule has 0 spiro atoms. The molecule has 0 fully saturated rings. The van der Waals surface area contributed by atoms with Gasteiger partial charge in [-0.15, -0.1) is 0 Å². The number of Topliss-reactive ketones (excluding diaryl/α,β-unsaturated/α-hetero) is 1. The minimum atomic E-state index is 0.146. The number of fused-ring (bicyclic) bond motifs is 1.